The summed E-state index contributed by atoms with van der Waals surface area (Å²) in [6.07, 6.45) is 0. The van der Waals surface area contributed by atoms with Gasteiger partial charge in [0.2, 0.25) is 0 Å². The molecule has 0 N–H and O–H groups in total. The number of hydrogen-bond acceptors (Lipinski definition) is 1. The standard InChI is InChI=1S/C16H12STe/c1-9-3-13-5-12-8-16-14(4-10(2)18-16)6-11(12)7-15(13)17-9/h3-8H,1-2H3. The summed E-state index contributed by atoms with van der Waals surface area (Å²) in [5.41, 5.74) is 0. The van der Waals surface area contributed by atoms with E-state index in [0.29, 0.717) is 0 Å². The van der Waals surface area contributed by atoms with Crippen LogP contribution in [0.15, 0.2) is 36.4 Å². The van der Waals surface area contributed by atoms with Crippen molar-refractivity contribution in [2.75, 3.05) is 0 Å². The average Bonchev–Trinajstić information content (AvgIpc) is 2.82. The first kappa shape index (κ1) is 11.1. The van der Waals surface area contributed by atoms with Crippen LogP contribution in [-0.4, -0.2) is 20.4 Å². The van der Waals surface area contributed by atoms with Crippen LogP contribution in [0, 0.1) is 13.8 Å². The van der Waals surface area contributed by atoms with Gasteiger partial charge in [-0.3, -0.25) is 0 Å². The normalized spacial score (nSPS) is 11.9. The SMILES string of the molecule is Cc1cc2cc3cc4[te]c(C)cc4cc3cc2s1. The van der Waals surface area contributed by atoms with Crippen LogP contribution in [0.1, 0.15) is 8.46 Å². The molecule has 0 atom stereocenters. The molecule has 0 bridgehead atoms. The molecule has 18 heavy (non-hydrogen) atoms. The predicted octanol–water partition coefficient (Wildman–Crippen LogP) is 4.88. The molecule has 0 aliphatic rings. The van der Waals surface area contributed by atoms with Crippen molar-refractivity contribution in [2.24, 2.45) is 0 Å². The quantitative estimate of drug-likeness (QED) is 0.390. The first-order chi connectivity index (χ1) is 8.69. The van der Waals surface area contributed by atoms with Crippen molar-refractivity contribution in [1.82, 2.24) is 0 Å². The number of thiophene rings is 1. The van der Waals surface area contributed by atoms with Crippen molar-refractivity contribution in [3.05, 3.63) is 44.9 Å². The van der Waals surface area contributed by atoms with Gasteiger partial charge in [-0.25, -0.2) is 0 Å². The average molecular weight is 364 g/mol. The number of hydrogen-bond donors (Lipinski definition) is 0. The van der Waals surface area contributed by atoms with Crippen LogP contribution in [0.5, 0.6) is 0 Å². The van der Waals surface area contributed by atoms with E-state index in [0.717, 1.165) is 0 Å². The Hall–Kier alpha value is -0.810. The molecular formula is C16H12STe. The van der Waals surface area contributed by atoms with Crippen molar-refractivity contribution in [3.8, 4) is 0 Å². The zero-order valence-corrected chi connectivity index (χ0v) is 13.4. The number of fused-ring (bicyclic) bond motifs is 3. The summed E-state index contributed by atoms with van der Waals surface area (Å²) in [5.74, 6) is 0. The van der Waals surface area contributed by atoms with Crippen molar-refractivity contribution in [2.45, 2.75) is 13.8 Å². The molecule has 0 aliphatic heterocycles. The fourth-order valence-corrected chi connectivity index (χ4v) is 6.27. The first-order valence-corrected chi connectivity index (χ1v) is 9.18. The Bertz CT molecular complexity index is 754. The molecule has 2 aromatic carbocycles. The molecular weight excluding hydrogens is 352 g/mol. The molecule has 0 radical (unpaired) electrons. The maximum absolute atomic E-state index is 2.42. The first-order valence-electron chi connectivity index (χ1n) is 6.03. The van der Waals surface area contributed by atoms with Crippen molar-refractivity contribution in [3.63, 3.8) is 0 Å². The molecule has 0 spiro atoms. The zero-order valence-electron chi connectivity index (χ0n) is 10.3. The molecule has 0 unspecified atom stereocenters. The van der Waals surface area contributed by atoms with E-state index < -0.39 is 0 Å². The van der Waals surface area contributed by atoms with Gasteiger partial charge in [0.15, 0.2) is 0 Å². The summed E-state index contributed by atoms with van der Waals surface area (Å²) >= 11 is 1.82. The minimum absolute atomic E-state index is 0.0735. The Balaban J connectivity index is 2.17. The van der Waals surface area contributed by atoms with E-state index in [1.807, 2.05) is 11.3 Å². The van der Waals surface area contributed by atoms with Crippen LogP contribution in [0.25, 0.3) is 29.6 Å². The monoisotopic (exact) mass is 366 g/mol. The Morgan fingerprint density at radius 3 is 2.44 bits per heavy atom. The van der Waals surface area contributed by atoms with Crippen LogP contribution in [0.3, 0.4) is 0 Å². The number of aryl methyl sites for hydroxylation is 2. The Kier molecular flexibility index (Phi) is 2.36. The number of benzene rings is 2. The molecule has 0 aliphatic carbocycles. The molecule has 2 aromatic heterocycles. The van der Waals surface area contributed by atoms with Gasteiger partial charge in [-0.2, -0.15) is 0 Å². The summed E-state index contributed by atoms with van der Waals surface area (Å²) in [5, 5.41) is 5.66. The van der Waals surface area contributed by atoms with Gasteiger partial charge < -0.3 is 0 Å². The molecule has 4 aromatic rings. The van der Waals surface area contributed by atoms with Gasteiger partial charge in [-0.1, -0.05) is 0 Å². The molecule has 88 valence electrons. The fourth-order valence-electron chi connectivity index (χ4n) is 2.59. The molecule has 2 heterocycles. The summed E-state index contributed by atoms with van der Waals surface area (Å²) in [7, 11) is 0. The van der Waals surface area contributed by atoms with Crippen molar-refractivity contribution in [1.29, 1.82) is 0 Å². The Morgan fingerprint density at radius 1 is 0.778 bits per heavy atom. The maximum atomic E-state index is 2.42. The Morgan fingerprint density at radius 2 is 1.56 bits per heavy atom. The van der Waals surface area contributed by atoms with Crippen molar-refractivity contribution >= 4 is 61.4 Å². The van der Waals surface area contributed by atoms with Gasteiger partial charge in [-0.15, -0.1) is 0 Å². The van der Waals surface area contributed by atoms with Crippen molar-refractivity contribution < 1.29 is 0 Å². The van der Waals surface area contributed by atoms with E-state index >= 15 is 0 Å². The molecule has 2 heteroatoms. The second-order valence-corrected chi connectivity index (χ2v) is 9.81. The van der Waals surface area contributed by atoms with E-state index in [9.17, 15) is 0 Å². The van der Waals surface area contributed by atoms with Crippen LogP contribution in [0.4, 0.5) is 0 Å². The summed E-state index contributed by atoms with van der Waals surface area (Å²) in [4.78, 5) is 1.40. The van der Waals surface area contributed by atoms with Gasteiger partial charge in [0.05, 0.1) is 0 Å². The fraction of sp³-hybridized carbons (Fsp3) is 0.125. The molecule has 0 nitrogen and oxygen atoms in total. The second-order valence-electron chi connectivity index (χ2n) is 4.84. The van der Waals surface area contributed by atoms with Crippen LogP contribution in [0.2, 0.25) is 0 Å². The van der Waals surface area contributed by atoms with Gasteiger partial charge in [0.1, 0.15) is 0 Å². The van der Waals surface area contributed by atoms with Gasteiger partial charge in [-0.05, 0) is 0 Å². The molecule has 0 saturated heterocycles. The van der Waals surface area contributed by atoms with Gasteiger partial charge in [0, 0.05) is 0 Å². The van der Waals surface area contributed by atoms with Gasteiger partial charge in [0.25, 0.3) is 0 Å². The molecule has 0 saturated carbocycles. The van der Waals surface area contributed by atoms with Gasteiger partial charge >= 0.3 is 120 Å². The predicted molar refractivity (Wildman–Crippen MR) is 83.3 cm³/mol. The van der Waals surface area contributed by atoms with Crippen LogP contribution < -0.4 is 0 Å². The third-order valence-electron chi connectivity index (χ3n) is 3.36. The van der Waals surface area contributed by atoms with E-state index in [4.69, 9.17) is 0 Å². The second kappa shape index (κ2) is 3.84. The number of rotatable bonds is 0. The molecule has 4 rings (SSSR count). The summed E-state index contributed by atoms with van der Waals surface area (Å²) in [6, 6.07) is 14.2. The third kappa shape index (κ3) is 1.64. The summed E-state index contributed by atoms with van der Waals surface area (Å²) < 4.78 is 4.62. The van der Waals surface area contributed by atoms with E-state index in [2.05, 4.69) is 50.2 Å². The van der Waals surface area contributed by atoms with E-state index in [1.165, 1.54) is 31.1 Å². The molecule has 0 amide bonds. The van der Waals surface area contributed by atoms with Crippen LogP contribution >= 0.6 is 11.3 Å². The third-order valence-corrected chi connectivity index (χ3v) is 7.26. The summed E-state index contributed by atoms with van der Waals surface area (Å²) in [6.45, 7) is 4.46. The zero-order chi connectivity index (χ0) is 12.3. The Labute approximate surface area is 119 Å². The minimum atomic E-state index is -0.0735. The van der Waals surface area contributed by atoms with Crippen LogP contribution in [-0.2, 0) is 0 Å². The topological polar surface area (TPSA) is 0 Å². The van der Waals surface area contributed by atoms with E-state index in [1.54, 1.807) is 6.98 Å². The molecule has 0 fully saturated rings. The van der Waals surface area contributed by atoms with E-state index in [-0.39, 0.29) is 20.4 Å².